The first-order chi connectivity index (χ1) is 16.5. The molecule has 0 unspecified atom stereocenters. The Balaban J connectivity index is 1.24. The number of benzene rings is 1. The van der Waals surface area contributed by atoms with Crippen molar-refractivity contribution >= 4 is 11.8 Å². The highest BCUT2D eigenvalue weighted by Crippen LogP contribution is 2.28. The maximum atomic E-state index is 13.1. The second kappa shape index (κ2) is 11.4. The summed E-state index contributed by atoms with van der Waals surface area (Å²) >= 11 is 0. The predicted molar refractivity (Wildman–Crippen MR) is 131 cm³/mol. The van der Waals surface area contributed by atoms with Gasteiger partial charge in [0.1, 0.15) is 11.5 Å². The molecular formula is C26H40N4O4. The van der Waals surface area contributed by atoms with Crippen molar-refractivity contribution in [3.63, 3.8) is 0 Å². The van der Waals surface area contributed by atoms with E-state index < -0.39 is 0 Å². The van der Waals surface area contributed by atoms with Gasteiger partial charge < -0.3 is 29.1 Å². The fourth-order valence-corrected chi connectivity index (χ4v) is 5.60. The highest BCUT2D eigenvalue weighted by atomic mass is 16.5. The number of carbonyl (C=O) groups excluding carboxylic acids is 2. The summed E-state index contributed by atoms with van der Waals surface area (Å²) in [6.07, 6.45) is 3.86. The van der Waals surface area contributed by atoms with E-state index in [1.165, 1.54) is 0 Å². The van der Waals surface area contributed by atoms with Crippen molar-refractivity contribution in [1.82, 2.24) is 19.6 Å². The van der Waals surface area contributed by atoms with Gasteiger partial charge in [0.05, 0.1) is 14.2 Å². The van der Waals surface area contributed by atoms with Crippen molar-refractivity contribution in [3.8, 4) is 11.5 Å². The Hall–Kier alpha value is -2.32. The molecular weight excluding hydrogens is 432 g/mol. The minimum Gasteiger partial charge on any atom is -0.497 e. The number of nitrogens with zero attached hydrogens (tertiary/aromatic N) is 4. The van der Waals surface area contributed by atoms with Gasteiger partial charge in [0.25, 0.3) is 5.91 Å². The molecule has 3 saturated heterocycles. The van der Waals surface area contributed by atoms with Gasteiger partial charge >= 0.3 is 0 Å². The van der Waals surface area contributed by atoms with Crippen molar-refractivity contribution in [1.29, 1.82) is 0 Å². The number of amides is 2. The summed E-state index contributed by atoms with van der Waals surface area (Å²) in [7, 11) is 3.19. The Labute approximate surface area is 203 Å². The van der Waals surface area contributed by atoms with Gasteiger partial charge in [-0.2, -0.15) is 0 Å². The standard InChI is InChI=1S/C26H40N4O4/c1-4-27-13-15-30(16-14-27)25(31)20-5-9-28(10-6-20)22-7-11-29(12-8-22)26(32)21-17-23(33-2)19-24(18-21)34-3/h17-20,22H,4-16H2,1-3H3. The summed E-state index contributed by atoms with van der Waals surface area (Å²) in [4.78, 5) is 35.1. The van der Waals surface area contributed by atoms with Crippen molar-refractivity contribution in [3.05, 3.63) is 23.8 Å². The fraction of sp³-hybridized carbons (Fsp3) is 0.692. The van der Waals surface area contributed by atoms with E-state index in [2.05, 4.69) is 21.6 Å². The normalized spacial score (nSPS) is 21.5. The molecule has 8 heteroatoms. The summed E-state index contributed by atoms with van der Waals surface area (Å²) < 4.78 is 10.6. The molecule has 0 spiro atoms. The summed E-state index contributed by atoms with van der Waals surface area (Å²) in [5.41, 5.74) is 0.605. The van der Waals surface area contributed by atoms with E-state index in [1.807, 2.05) is 4.90 Å². The lowest BCUT2D eigenvalue weighted by molar-refractivity contribution is -0.139. The van der Waals surface area contributed by atoms with Crippen LogP contribution in [0.4, 0.5) is 0 Å². The van der Waals surface area contributed by atoms with Crippen LogP contribution in [0, 0.1) is 5.92 Å². The third kappa shape index (κ3) is 5.66. The Kier molecular flexibility index (Phi) is 8.32. The minimum absolute atomic E-state index is 0.0307. The third-order valence-corrected chi connectivity index (χ3v) is 7.88. The lowest BCUT2D eigenvalue weighted by Gasteiger charge is -2.42. The first-order valence-electron chi connectivity index (χ1n) is 12.8. The molecule has 0 aromatic heterocycles. The van der Waals surface area contributed by atoms with E-state index in [4.69, 9.17) is 9.47 Å². The number of ether oxygens (including phenoxy) is 2. The number of rotatable bonds is 6. The van der Waals surface area contributed by atoms with Gasteiger partial charge in [-0.05, 0) is 57.5 Å². The Morgan fingerprint density at radius 1 is 0.794 bits per heavy atom. The van der Waals surface area contributed by atoms with Gasteiger partial charge in [0, 0.05) is 62.9 Å². The van der Waals surface area contributed by atoms with Gasteiger partial charge in [-0.15, -0.1) is 0 Å². The minimum atomic E-state index is 0.0307. The molecule has 0 radical (unpaired) electrons. The zero-order valence-corrected chi connectivity index (χ0v) is 21.0. The van der Waals surface area contributed by atoms with Crippen LogP contribution >= 0.6 is 0 Å². The molecule has 1 aromatic carbocycles. The van der Waals surface area contributed by atoms with Crippen LogP contribution in [0.2, 0.25) is 0 Å². The van der Waals surface area contributed by atoms with E-state index in [1.54, 1.807) is 32.4 Å². The summed E-state index contributed by atoms with van der Waals surface area (Å²) in [6, 6.07) is 5.83. The first kappa shape index (κ1) is 24.8. The smallest absolute Gasteiger partial charge is 0.254 e. The lowest BCUT2D eigenvalue weighted by Crippen LogP contribution is -2.53. The van der Waals surface area contributed by atoms with Crippen LogP contribution < -0.4 is 9.47 Å². The van der Waals surface area contributed by atoms with Crippen LogP contribution in [0.1, 0.15) is 43.0 Å². The molecule has 0 N–H and O–H groups in total. The molecule has 0 aliphatic carbocycles. The van der Waals surface area contributed by atoms with Crippen LogP contribution in [0.3, 0.4) is 0 Å². The zero-order valence-electron chi connectivity index (χ0n) is 21.0. The lowest BCUT2D eigenvalue weighted by atomic mass is 9.92. The fourth-order valence-electron chi connectivity index (χ4n) is 5.60. The predicted octanol–water partition coefficient (Wildman–Crippen LogP) is 2.18. The molecule has 34 heavy (non-hydrogen) atoms. The highest BCUT2D eigenvalue weighted by Gasteiger charge is 2.34. The van der Waals surface area contributed by atoms with Crippen molar-refractivity contribution in [2.45, 2.75) is 38.6 Å². The van der Waals surface area contributed by atoms with Gasteiger partial charge in [-0.1, -0.05) is 6.92 Å². The Morgan fingerprint density at radius 3 is 1.91 bits per heavy atom. The van der Waals surface area contributed by atoms with E-state index >= 15 is 0 Å². The number of hydrogen-bond acceptors (Lipinski definition) is 6. The molecule has 188 valence electrons. The zero-order chi connectivity index (χ0) is 24.1. The number of piperazine rings is 1. The summed E-state index contributed by atoms with van der Waals surface area (Å²) in [5.74, 6) is 1.83. The molecule has 4 rings (SSSR count). The molecule has 2 amide bonds. The number of piperidine rings is 2. The summed E-state index contributed by atoms with van der Waals surface area (Å²) in [6.45, 7) is 10.5. The van der Waals surface area contributed by atoms with E-state index in [9.17, 15) is 9.59 Å². The maximum absolute atomic E-state index is 13.1. The van der Waals surface area contributed by atoms with Crippen molar-refractivity contribution < 1.29 is 19.1 Å². The Morgan fingerprint density at radius 2 is 1.38 bits per heavy atom. The molecule has 0 bridgehead atoms. The number of likely N-dealkylation sites (N-methyl/N-ethyl adjacent to an activating group) is 1. The average molecular weight is 473 g/mol. The second-order valence-corrected chi connectivity index (χ2v) is 9.69. The van der Waals surface area contributed by atoms with Crippen LogP contribution in [0.5, 0.6) is 11.5 Å². The number of hydrogen-bond donors (Lipinski definition) is 0. The second-order valence-electron chi connectivity index (χ2n) is 9.69. The number of methoxy groups -OCH3 is 2. The topological polar surface area (TPSA) is 65.6 Å². The van der Waals surface area contributed by atoms with Crippen LogP contribution in [0.25, 0.3) is 0 Å². The maximum Gasteiger partial charge on any atom is 0.254 e. The van der Waals surface area contributed by atoms with E-state index in [0.717, 1.165) is 84.6 Å². The van der Waals surface area contributed by atoms with Gasteiger partial charge in [-0.3, -0.25) is 9.59 Å². The van der Waals surface area contributed by atoms with Crippen molar-refractivity contribution in [2.75, 3.05) is 73.1 Å². The van der Waals surface area contributed by atoms with Gasteiger partial charge in [0.2, 0.25) is 5.91 Å². The van der Waals surface area contributed by atoms with Crippen LogP contribution in [-0.4, -0.2) is 111 Å². The molecule has 8 nitrogen and oxygen atoms in total. The Bertz CT molecular complexity index is 817. The number of carbonyl (C=O) groups is 2. The van der Waals surface area contributed by atoms with Crippen molar-refractivity contribution in [2.24, 2.45) is 5.92 Å². The SMILES string of the molecule is CCN1CCN(C(=O)C2CCN(C3CCN(C(=O)c4cc(OC)cc(OC)c4)CC3)CC2)CC1. The quantitative estimate of drug-likeness (QED) is 0.633. The molecule has 3 aliphatic rings. The summed E-state index contributed by atoms with van der Waals surface area (Å²) in [5, 5.41) is 0. The molecule has 3 fully saturated rings. The molecule has 1 aromatic rings. The molecule has 3 heterocycles. The third-order valence-electron chi connectivity index (χ3n) is 7.88. The highest BCUT2D eigenvalue weighted by molar-refractivity contribution is 5.95. The largest absolute Gasteiger partial charge is 0.497 e. The van der Waals surface area contributed by atoms with Gasteiger partial charge in [-0.25, -0.2) is 0 Å². The first-order valence-corrected chi connectivity index (χ1v) is 12.8. The van der Waals surface area contributed by atoms with Gasteiger partial charge in [0.15, 0.2) is 0 Å². The van der Waals surface area contributed by atoms with E-state index in [0.29, 0.717) is 29.0 Å². The van der Waals surface area contributed by atoms with Crippen LogP contribution in [-0.2, 0) is 4.79 Å². The van der Waals surface area contributed by atoms with Crippen LogP contribution in [0.15, 0.2) is 18.2 Å². The van der Waals surface area contributed by atoms with E-state index in [-0.39, 0.29) is 11.8 Å². The number of likely N-dealkylation sites (tertiary alicyclic amines) is 2. The molecule has 0 saturated carbocycles. The average Bonchev–Trinajstić information content (AvgIpc) is 2.92. The monoisotopic (exact) mass is 472 g/mol. The molecule has 3 aliphatic heterocycles. The molecule has 0 atom stereocenters.